The van der Waals surface area contributed by atoms with E-state index in [0.717, 1.165) is 17.7 Å². The van der Waals surface area contributed by atoms with Gasteiger partial charge in [0.05, 0.1) is 22.3 Å². The van der Waals surface area contributed by atoms with Crippen LogP contribution in [0.1, 0.15) is 37.4 Å². The first-order valence-corrected chi connectivity index (χ1v) is 8.70. The number of hydrogen-bond acceptors (Lipinski definition) is 4. The largest absolute Gasteiger partial charge is 0.279 e. The van der Waals surface area contributed by atoms with E-state index in [2.05, 4.69) is 16.0 Å². The fraction of sp³-hybridized carbons (Fsp3) is 0.167. The first-order chi connectivity index (χ1) is 12.1. The molecule has 3 aromatic rings. The van der Waals surface area contributed by atoms with E-state index in [1.165, 1.54) is 22.4 Å². The Morgan fingerprint density at radius 1 is 1.16 bits per heavy atom. The maximum absolute atomic E-state index is 12.2. The van der Waals surface area contributed by atoms with Gasteiger partial charge in [-0.3, -0.25) is 20.4 Å². The highest BCUT2D eigenvalue weighted by Gasteiger charge is 2.14. The molecular weight excluding hydrogens is 336 g/mol. The summed E-state index contributed by atoms with van der Waals surface area (Å²) in [5.74, 6) is -0.740. The molecule has 0 saturated carbocycles. The Kier molecular flexibility index (Phi) is 4.95. The van der Waals surface area contributed by atoms with Crippen LogP contribution >= 0.6 is 11.3 Å². The molecule has 0 atom stereocenters. The summed E-state index contributed by atoms with van der Waals surface area (Å²) in [7, 11) is 0. The maximum atomic E-state index is 12.2. The predicted octanol–water partition coefficient (Wildman–Crippen LogP) is 2.88. The Morgan fingerprint density at radius 3 is 2.56 bits per heavy atom. The number of thiophene rings is 1. The van der Waals surface area contributed by atoms with E-state index in [1.807, 2.05) is 50.2 Å². The summed E-state index contributed by atoms with van der Waals surface area (Å²) in [6.07, 6.45) is 3.95. The van der Waals surface area contributed by atoms with Crippen LogP contribution in [0, 0.1) is 6.92 Å². The first-order valence-electron chi connectivity index (χ1n) is 7.88. The smallest absolute Gasteiger partial charge is 0.267 e. The summed E-state index contributed by atoms with van der Waals surface area (Å²) in [5.41, 5.74) is 7.18. The Morgan fingerprint density at radius 2 is 1.88 bits per heavy atom. The summed E-state index contributed by atoms with van der Waals surface area (Å²) in [4.78, 5) is 26.1. The van der Waals surface area contributed by atoms with E-state index in [9.17, 15) is 9.59 Å². The molecule has 2 amide bonds. The van der Waals surface area contributed by atoms with E-state index in [1.54, 1.807) is 10.9 Å². The third-order valence-corrected chi connectivity index (χ3v) is 5.10. The number of nitrogens with zero attached hydrogens (tertiary/aromatic N) is 2. The van der Waals surface area contributed by atoms with Crippen molar-refractivity contribution in [2.24, 2.45) is 0 Å². The van der Waals surface area contributed by atoms with Gasteiger partial charge in [-0.15, -0.1) is 11.3 Å². The van der Waals surface area contributed by atoms with Gasteiger partial charge < -0.3 is 0 Å². The van der Waals surface area contributed by atoms with E-state index in [4.69, 9.17) is 0 Å². The molecule has 0 aliphatic heterocycles. The number of benzene rings is 1. The second-order valence-electron chi connectivity index (χ2n) is 5.49. The first kappa shape index (κ1) is 16.9. The van der Waals surface area contributed by atoms with Crippen molar-refractivity contribution in [2.75, 3.05) is 0 Å². The molecule has 128 valence electrons. The molecule has 7 heteroatoms. The summed E-state index contributed by atoms with van der Waals surface area (Å²) in [6, 6.07) is 11.3. The summed E-state index contributed by atoms with van der Waals surface area (Å²) in [6.45, 7) is 4.02. The minimum Gasteiger partial charge on any atom is -0.267 e. The second-order valence-corrected chi connectivity index (χ2v) is 6.62. The number of carbonyl (C=O) groups excluding carboxylic acids is 2. The molecule has 2 aromatic heterocycles. The fourth-order valence-corrected chi connectivity index (χ4v) is 3.40. The topological polar surface area (TPSA) is 76.0 Å². The quantitative estimate of drug-likeness (QED) is 0.708. The standard InChI is InChI=1S/C18H18N4O2S/c1-3-15-12(2)9-16(25-15)18(24)21-20-17(23)13-10-19-22(11-13)14-7-5-4-6-8-14/h4-11H,3H2,1-2H3,(H,20,23)(H,21,24). The monoisotopic (exact) mass is 354 g/mol. The minimum atomic E-state index is -0.417. The number of hydrogen-bond donors (Lipinski definition) is 2. The van der Waals surface area contributed by atoms with Gasteiger partial charge in [0.25, 0.3) is 11.8 Å². The van der Waals surface area contributed by atoms with Crippen LogP contribution in [0.15, 0.2) is 48.8 Å². The Balaban J connectivity index is 1.63. The third-order valence-electron chi connectivity index (χ3n) is 3.72. The molecule has 0 fully saturated rings. The van der Waals surface area contributed by atoms with E-state index < -0.39 is 5.91 Å². The Hall–Kier alpha value is -2.93. The van der Waals surface area contributed by atoms with Crippen LogP contribution in [0.3, 0.4) is 0 Å². The number of hydrazine groups is 1. The lowest BCUT2D eigenvalue weighted by atomic mass is 10.2. The lowest BCUT2D eigenvalue weighted by molar-refractivity contribution is 0.0849. The number of aryl methyl sites for hydroxylation is 2. The van der Waals surface area contributed by atoms with Crippen LogP contribution in [0.25, 0.3) is 5.69 Å². The second kappa shape index (κ2) is 7.31. The van der Waals surface area contributed by atoms with Crippen molar-refractivity contribution in [2.45, 2.75) is 20.3 Å². The van der Waals surface area contributed by atoms with Gasteiger partial charge in [-0.25, -0.2) is 4.68 Å². The van der Waals surface area contributed by atoms with E-state index >= 15 is 0 Å². The van der Waals surface area contributed by atoms with Gasteiger partial charge in [0.2, 0.25) is 0 Å². The molecule has 25 heavy (non-hydrogen) atoms. The van der Waals surface area contributed by atoms with Crippen LogP contribution in [-0.2, 0) is 6.42 Å². The Bertz CT molecular complexity index is 899. The van der Waals surface area contributed by atoms with Crippen molar-refractivity contribution in [1.82, 2.24) is 20.6 Å². The molecule has 2 N–H and O–H groups in total. The predicted molar refractivity (Wildman–Crippen MR) is 96.9 cm³/mol. The SMILES string of the molecule is CCc1sc(C(=O)NNC(=O)c2cnn(-c3ccccc3)c2)cc1C. The average molecular weight is 354 g/mol. The third kappa shape index (κ3) is 3.77. The van der Waals surface area contributed by atoms with Crippen molar-refractivity contribution in [1.29, 1.82) is 0 Å². The molecule has 0 bridgehead atoms. The van der Waals surface area contributed by atoms with E-state index in [0.29, 0.717) is 10.4 Å². The van der Waals surface area contributed by atoms with Crippen molar-refractivity contribution in [3.63, 3.8) is 0 Å². The molecule has 3 rings (SSSR count). The van der Waals surface area contributed by atoms with Gasteiger partial charge >= 0.3 is 0 Å². The number of para-hydroxylation sites is 1. The van der Waals surface area contributed by atoms with Crippen molar-refractivity contribution >= 4 is 23.2 Å². The van der Waals surface area contributed by atoms with Crippen molar-refractivity contribution in [3.05, 3.63) is 69.7 Å². The van der Waals surface area contributed by atoms with Crippen LogP contribution in [0.4, 0.5) is 0 Å². The fourth-order valence-electron chi connectivity index (χ4n) is 2.39. The van der Waals surface area contributed by atoms with Gasteiger partial charge in [-0.05, 0) is 37.1 Å². The van der Waals surface area contributed by atoms with Crippen LogP contribution in [-0.4, -0.2) is 21.6 Å². The molecule has 0 saturated heterocycles. The zero-order valence-corrected chi connectivity index (χ0v) is 14.8. The minimum absolute atomic E-state index is 0.323. The number of amides is 2. The summed E-state index contributed by atoms with van der Waals surface area (Å²) >= 11 is 1.44. The zero-order chi connectivity index (χ0) is 17.8. The van der Waals surface area contributed by atoms with Crippen LogP contribution in [0.2, 0.25) is 0 Å². The molecule has 6 nitrogen and oxygen atoms in total. The Labute approximate surface area is 149 Å². The number of rotatable bonds is 4. The number of carbonyl (C=O) groups is 2. The maximum Gasteiger partial charge on any atom is 0.279 e. The summed E-state index contributed by atoms with van der Waals surface area (Å²) < 4.78 is 1.60. The normalized spacial score (nSPS) is 10.5. The molecule has 2 heterocycles. The molecule has 1 aromatic carbocycles. The van der Waals surface area contributed by atoms with Crippen molar-refractivity contribution in [3.8, 4) is 5.69 Å². The molecule has 0 aliphatic rings. The lowest BCUT2D eigenvalue weighted by Gasteiger charge is -2.04. The highest BCUT2D eigenvalue weighted by Crippen LogP contribution is 2.22. The van der Waals surface area contributed by atoms with E-state index in [-0.39, 0.29) is 5.91 Å². The average Bonchev–Trinajstić information content (AvgIpc) is 3.27. The molecular formula is C18H18N4O2S. The highest BCUT2D eigenvalue weighted by atomic mass is 32.1. The molecule has 0 radical (unpaired) electrons. The number of nitrogens with one attached hydrogen (secondary N) is 2. The van der Waals surface area contributed by atoms with Gasteiger partial charge in [0, 0.05) is 11.1 Å². The van der Waals surface area contributed by atoms with Gasteiger partial charge in [0.15, 0.2) is 0 Å². The van der Waals surface area contributed by atoms with Gasteiger partial charge in [-0.1, -0.05) is 25.1 Å². The van der Waals surface area contributed by atoms with Crippen LogP contribution in [0.5, 0.6) is 0 Å². The highest BCUT2D eigenvalue weighted by molar-refractivity contribution is 7.14. The zero-order valence-electron chi connectivity index (χ0n) is 13.9. The molecule has 0 unspecified atom stereocenters. The van der Waals surface area contributed by atoms with Crippen LogP contribution < -0.4 is 10.9 Å². The summed E-state index contributed by atoms with van der Waals surface area (Å²) in [5, 5.41) is 4.16. The molecule has 0 aliphatic carbocycles. The lowest BCUT2D eigenvalue weighted by Crippen LogP contribution is -2.41. The van der Waals surface area contributed by atoms with Gasteiger partial charge in [0.1, 0.15) is 0 Å². The molecule has 0 spiro atoms. The van der Waals surface area contributed by atoms with Crippen molar-refractivity contribution < 1.29 is 9.59 Å². The number of aromatic nitrogens is 2. The van der Waals surface area contributed by atoms with Gasteiger partial charge in [-0.2, -0.15) is 5.10 Å².